The molecule has 0 aromatic heterocycles. The molecule has 0 radical (unpaired) electrons. The second-order valence-electron chi connectivity index (χ2n) is 7.56. The summed E-state index contributed by atoms with van der Waals surface area (Å²) in [4.78, 5) is 35.7. The average Bonchev–Trinajstić information content (AvgIpc) is 2.68. The quantitative estimate of drug-likeness (QED) is 0.121. The molecule has 210 valence electrons. The highest BCUT2D eigenvalue weighted by molar-refractivity contribution is 8.45. The normalized spacial score (nSPS) is 19.0. The van der Waals surface area contributed by atoms with Crippen molar-refractivity contribution in [1.29, 1.82) is 0 Å². The van der Waals surface area contributed by atoms with Gasteiger partial charge in [-0.1, -0.05) is 19.4 Å². The number of rotatable bonds is 8. The molecule has 19 heteroatoms. The minimum atomic E-state index is -10.3. The highest BCUT2D eigenvalue weighted by Gasteiger charge is 2.65. The van der Waals surface area contributed by atoms with Crippen LogP contribution in [0.25, 0.3) is 6.08 Å². The molecule has 1 aromatic carbocycles. The van der Waals surface area contributed by atoms with E-state index < -0.39 is 86.1 Å². The van der Waals surface area contributed by atoms with Crippen molar-refractivity contribution in [2.24, 2.45) is 0 Å². The minimum Gasteiger partial charge on any atom is -0.475 e. The SMILES string of the molecule is Cc1cc(S(F)(F)(F)(F)F)cc2c1OC(C(F)(F)F)C(C(=O)OC(C)OC(=O)OCC(C)O[N+](=O)[O-])=C2. The zero-order valence-electron chi connectivity index (χ0n) is 18.7. The van der Waals surface area contributed by atoms with Gasteiger partial charge >= 0.3 is 28.5 Å². The van der Waals surface area contributed by atoms with Gasteiger partial charge in [0, 0.05) is 12.5 Å². The van der Waals surface area contributed by atoms with Crippen LogP contribution in [0.4, 0.5) is 37.4 Å². The minimum absolute atomic E-state index is 0.0793. The van der Waals surface area contributed by atoms with Gasteiger partial charge in [-0.25, -0.2) is 9.59 Å². The molecule has 0 spiro atoms. The highest BCUT2D eigenvalue weighted by Crippen LogP contribution is 3.02. The summed E-state index contributed by atoms with van der Waals surface area (Å²) in [6.07, 6.45) is -12.9. The molecule has 0 fully saturated rings. The van der Waals surface area contributed by atoms with Gasteiger partial charge in [-0.05, 0) is 37.6 Å². The van der Waals surface area contributed by atoms with E-state index in [1.165, 1.54) is 0 Å². The maximum atomic E-state index is 13.5. The van der Waals surface area contributed by atoms with E-state index in [4.69, 9.17) is 0 Å². The molecule has 3 atom stereocenters. The van der Waals surface area contributed by atoms with Crippen molar-refractivity contribution in [1.82, 2.24) is 0 Å². The standard InChI is InChI=1S/C18H17F8NO9S/c1-8-4-12(37(22,23,24,25)26)5-11-6-13(15(18(19,20)21)35-14(8)11)16(28)33-10(3)34-17(29)32-7-9(2)36-27(30)31/h4-6,9-10,15H,7H2,1-3H3. The molecule has 2 rings (SSSR count). The zero-order valence-corrected chi connectivity index (χ0v) is 19.5. The summed E-state index contributed by atoms with van der Waals surface area (Å²) >= 11 is 0. The van der Waals surface area contributed by atoms with Gasteiger partial charge in [-0.15, -0.1) is 10.1 Å². The van der Waals surface area contributed by atoms with Crippen molar-refractivity contribution in [2.45, 2.75) is 50.3 Å². The van der Waals surface area contributed by atoms with Crippen LogP contribution in [0, 0.1) is 17.0 Å². The van der Waals surface area contributed by atoms with E-state index >= 15 is 0 Å². The number of hydrogen-bond acceptors (Lipinski definition) is 9. The summed E-state index contributed by atoms with van der Waals surface area (Å²) in [5.74, 6) is -2.71. The Balaban J connectivity index is 2.29. The van der Waals surface area contributed by atoms with Crippen LogP contribution in [0.2, 0.25) is 0 Å². The summed E-state index contributed by atoms with van der Waals surface area (Å²) in [5, 5.41) is 8.98. The molecule has 1 aromatic rings. The van der Waals surface area contributed by atoms with Gasteiger partial charge in [0.05, 0.1) is 5.57 Å². The highest BCUT2D eigenvalue weighted by atomic mass is 32.5. The molecular weight excluding hydrogens is 558 g/mol. The number of fused-ring (bicyclic) bond motifs is 1. The summed E-state index contributed by atoms with van der Waals surface area (Å²) in [6.45, 7) is 2.07. The van der Waals surface area contributed by atoms with E-state index in [9.17, 15) is 52.3 Å². The topological polar surface area (TPSA) is 123 Å². The first-order valence-corrected chi connectivity index (χ1v) is 11.6. The Labute approximate surface area is 201 Å². The number of carbonyl (C=O) groups excluding carboxylic acids is 2. The first-order chi connectivity index (χ1) is 16.5. The predicted octanol–water partition coefficient (Wildman–Crippen LogP) is 6.00. The van der Waals surface area contributed by atoms with E-state index in [-0.39, 0.29) is 18.2 Å². The van der Waals surface area contributed by atoms with Gasteiger partial charge < -0.3 is 23.8 Å². The first-order valence-electron chi connectivity index (χ1n) is 9.67. The van der Waals surface area contributed by atoms with Gasteiger partial charge in [0.25, 0.3) is 5.09 Å². The monoisotopic (exact) mass is 575 g/mol. The Bertz CT molecular complexity index is 1140. The smallest absolute Gasteiger partial charge is 0.475 e. The Morgan fingerprint density at radius 2 is 1.73 bits per heavy atom. The van der Waals surface area contributed by atoms with Crippen molar-refractivity contribution < 1.29 is 71.1 Å². The van der Waals surface area contributed by atoms with Crippen LogP contribution >= 0.6 is 10.2 Å². The number of ether oxygens (including phenoxy) is 4. The summed E-state index contributed by atoms with van der Waals surface area (Å²) in [5.41, 5.74) is -3.06. The first kappa shape index (κ1) is 29.7. The lowest BCUT2D eigenvalue weighted by atomic mass is 9.99. The van der Waals surface area contributed by atoms with Crippen LogP contribution in [-0.2, 0) is 23.8 Å². The number of aryl methyl sites for hydroxylation is 1. The molecule has 10 nitrogen and oxygen atoms in total. The van der Waals surface area contributed by atoms with Gasteiger partial charge in [-0.2, -0.15) is 13.2 Å². The van der Waals surface area contributed by atoms with Crippen LogP contribution in [0.15, 0.2) is 22.6 Å². The number of alkyl halides is 3. The molecule has 0 amide bonds. The van der Waals surface area contributed by atoms with Crippen molar-refractivity contribution >= 4 is 28.4 Å². The number of hydrogen-bond donors (Lipinski definition) is 0. The summed E-state index contributed by atoms with van der Waals surface area (Å²) in [7, 11) is -10.3. The zero-order chi connectivity index (χ0) is 28.6. The van der Waals surface area contributed by atoms with Crippen LogP contribution in [0.1, 0.15) is 25.0 Å². The largest absolute Gasteiger partial charge is 0.511 e. The van der Waals surface area contributed by atoms with Crippen molar-refractivity contribution in [3.63, 3.8) is 0 Å². The molecule has 0 aliphatic carbocycles. The number of nitrogens with zero attached hydrogens (tertiary/aromatic N) is 1. The third-order valence-electron chi connectivity index (χ3n) is 4.32. The van der Waals surface area contributed by atoms with E-state index in [2.05, 4.69) is 23.8 Å². The van der Waals surface area contributed by atoms with Crippen LogP contribution in [-0.4, -0.2) is 48.5 Å². The fourth-order valence-corrected chi connectivity index (χ4v) is 3.62. The molecule has 3 unspecified atom stereocenters. The summed E-state index contributed by atoms with van der Waals surface area (Å²) in [6, 6.07) is -0.251. The maximum absolute atomic E-state index is 13.5. The lowest BCUT2D eigenvalue weighted by Gasteiger charge is -2.41. The maximum Gasteiger partial charge on any atom is 0.511 e. The van der Waals surface area contributed by atoms with Crippen LogP contribution < -0.4 is 4.74 Å². The number of esters is 1. The molecule has 0 saturated heterocycles. The Kier molecular flexibility index (Phi) is 7.31. The van der Waals surface area contributed by atoms with E-state index in [0.717, 1.165) is 20.8 Å². The van der Waals surface area contributed by atoms with Gasteiger partial charge in [0.1, 0.15) is 23.4 Å². The second kappa shape index (κ2) is 9.10. The van der Waals surface area contributed by atoms with E-state index in [1.807, 2.05) is 0 Å². The van der Waals surface area contributed by atoms with Crippen molar-refractivity contribution in [3.8, 4) is 5.75 Å². The molecule has 1 aliphatic heterocycles. The van der Waals surface area contributed by atoms with Gasteiger partial charge in [-0.3, -0.25) is 0 Å². The molecule has 0 N–H and O–H groups in total. The van der Waals surface area contributed by atoms with Crippen molar-refractivity contribution in [3.05, 3.63) is 38.9 Å². The lowest BCUT2D eigenvalue weighted by Crippen LogP contribution is -2.41. The molecular formula is C18H17F8NO9S. The summed E-state index contributed by atoms with van der Waals surface area (Å²) < 4.78 is 125. The second-order valence-corrected chi connectivity index (χ2v) is 9.97. The molecule has 0 saturated carbocycles. The molecule has 37 heavy (non-hydrogen) atoms. The Morgan fingerprint density at radius 3 is 2.24 bits per heavy atom. The fourth-order valence-electron chi connectivity index (χ4n) is 2.87. The predicted molar refractivity (Wildman–Crippen MR) is 107 cm³/mol. The average molecular weight is 575 g/mol. The number of halogens is 8. The van der Waals surface area contributed by atoms with Gasteiger partial charge in [0.2, 0.25) is 12.4 Å². The third-order valence-corrected chi connectivity index (χ3v) is 5.45. The molecule has 1 aliphatic rings. The van der Waals surface area contributed by atoms with Crippen LogP contribution in [0.5, 0.6) is 5.75 Å². The Hall–Kier alpha value is -3.51. The van der Waals surface area contributed by atoms with E-state index in [1.54, 1.807) is 0 Å². The molecule has 0 bridgehead atoms. The number of carbonyl (C=O) groups is 2. The fraction of sp³-hybridized carbons (Fsp3) is 0.444. The Morgan fingerprint density at radius 1 is 1.14 bits per heavy atom. The van der Waals surface area contributed by atoms with E-state index in [0.29, 0.717) is 0 Å². The lowest BCUT2D eigenvalue weighted by molar-refractivity contribution is -0.767. The molecule has 1 heterocycles. The number of benzene rings is 1. The van der Waals surface area contributed by atoms with Crippen molar-refractivity contribution in [2.75, 3.05) is 6.61 Å². The van der Waals surface area contributed by atoms with Gasteiger partial charge in [0.15, 0.2) is 0 Å². The van der Waals surface area contributed by atoms with Crippen LogP contribution in [0.3, 0.4) is 0 Å². The third kappa shape index (κ3) is 7.99.